The van der Waals surface area contributed by atoms with Crippen molar-refractivity contribution in [3.8, 4) is 0 Å². The van der Waals surface area contributed by atoms with Gasteiger partial charge in [-0.15, -0.1) is 0 Å². The molecule has 4 nitrogen and oxygen atoms in total. The molecule has 0 aromatic heterocycles. The third-order valence-corrected chi connectivity index (χ3v) is 3.99. The van der Waals surface area contributed by atoms with E-state index in [0.717, 1.165) is 25.7 Å². The quantitative estimate of drug-likeness (QED) is 0.805. The van der Waals surface area contributed by atoms with Crippen molar-refractivity contribution in [3.05, 3.63) is 0 Å². The van der Waals surface area contributed by atoms with Gasteiger partial charge < -0.3 is 10.2 Å². The molecular formula is C13H22N2O2. The summed E-state index contributed by atoms with van der Waals surface area (Å²) in [6.45, 7) is 6.48. The zero-order chi connectivity index (χ0) is 12.6. The van der Waals surface area contributed by atoms with E-state index in [1.54, 1.807) is 0 Å². The molecule has 1 saturated heterocycles. The third kappa shape index (κ3) is 2.31. The van der Waals surface area contributed by atoms with Crippen molar-refractivity contribution < 1.29 is 9.59 Å². The van der Waals surface area contributed by atoms with Crippen LogP contribution in [0.4, 0.5) is 0 Å². The van der Waals surface area contributed by atoms with Crippen LogP contribution in [0.1, 0.15) is 46.5 Å². The van der Waals surface area contributed by atoms with Gasteiger partial charge in [0, 0.05) is 5.54 Å². The maximum absolute atomic E-state index is 12.4. The highest BCUT2D eigenvalue weighted by Crippen LogP contribution is 2.38. The number of hydrogen-bond acceptors (Lipinski definition) is 2. The number of piperazine rings is 1. The van der Waals surface area contributed by atoms with Crippen LogP contribution in [-0.2, 0) is 9.59 Å². The van der Waals surface area contributed by atoms with Crippen LogP contribution in [0.3, 0.4) is 0 Å². The second-order valence-corrected chi connectivity index (χ2v) is 6.02. The highest BCUT2D eigenvalue weighted by Gasteiger charge is 2.45. The van der Waals surface area contributed by atoms with Crippen molar-refractivity contribution in [1.82, 2.24) is 10.2 Å². The Morgan fingerprint density at radius 2 is 2.06 bits per heavy atom. The van der Waals surface area contributed by atoms with Crippen molar-refractivity contribution >= 4 is 11.8 Å². The normalized spacial score (nSPS) is 28.0. The van der Waals surface area contributed by atoms with Gasteiger partial charge in [-0.1, -0.05) is 13.8 Å². The molecule has 1 saturated carbocycles. The Labute approximate surface area is 103 Å². The summed E-state index contributed by atoms with van der Waals surface area (Å²) in [5.74, 6) is 0.516. The SMILES string of the molecule is CC(C)CC1NC(=O)CN(C2(C)CCC2)C1=O. The molecule has 17 heavy (non-hydrogen) atoms. The summed E-state index contributed by atoms with van der Waals surface area (Å²) in [5.41, 5.74) is -0.0654. The number of nitrogens with one attached hydrogen (secondary N) is 1. The maximum Gasteiger partial charge on any atom is 0.246 e. The largest absolute Gasteiger partial charge is 0.343 e. The summed E-state index contributed by atoms with van der Waals surface area (Å²) in [7, 11) is 0. The predicted molar refractivity (Wildman–Crippen MR) is 65.4 cm³/mol. The van der Waals surface area contributed by atoms with Crippen molar-refractivity contribution in [2.45, 2.75) is 58.0 Å². The second-order valence-electron chi connectivity index (χ2n) is 6.02. The molecule has 0 bridgehead atoms. The molecule has 4 heteroatoms. The molecule has 2 amide bonds. The van der Waals surface area contributed by atoms with E-state index in [1.165, 1.54) is 0 Å². The topological polar surface area (TPSA) is 49.4 Å². The molecule has 1 N–H and O–H groups in total. The summed E-state index contributed by atoms with van der Waals surface area (Å²) in [5, 5.41) is 2.82. The average molecular weight is 238 g/mol. The summed E-state index contributed by atoms with van der Waals surface area (Å²) in [6, 6.07) is -0.311. The molecule has 2 aliphatic rings. The van der Waals surface area contributed by atoms with Gasteiger partial charge in [-0.05, 0) is 38.5 Å². The molecule has 1 heterocycles. The number of nitrogens with zero attached hydrogens (tertiary/aromatic N) is 1. The van der Waals surface area contributed by atoms with E-state index < -0.39 is 0 Å². The first-order valence-electron chi connectivity index (χ1n) is 6.53. The number of carbonyl (C=O) groups excluding carboxylic acids is 2. The first-order chi connectivity index (χ1) is 7.92. The fourth-order valence-electron chi connectivity index (χ4n) is 2.76. The first kappa shape index (κ1) is 12.4. The molecule has 0 aromatic carbocycles. The summed E-state index contributed by atoms with van der Waals surface area (Å²) < 4.78 is 0. The van der Waals surface area contributed by atoms with Crippen LogP contribution in [0, 0.1) is 5.92 Å². The molecule has 1 aliphatic carbocycles. The molecule has 1 unspecified atom stereocenters. The highest BCUT2D eigenvalue weighted by atomic mass is 16.2. The van der Waals surface area contributed by atoms with Gasteiger partial charge in [0.25, 0.3) is 0 Å². The summed E-state index contributed by atoms with van der Waals surface area (Å²) in [4.78, 5) is 25.9. The van der Waals surface area contributed by atoms with Crippen molar-refractivity contribution in [1.29, 1.82) is 0 Å². The van der Waals surface area contributed by atoms with Gasteiger partial charge in [0.2, 0.25) is 11.8 Å². The molecule has 0 aromatic rings. The monoisotopic (exact) mass is 238 g/mol. The van der Waals surface area contributed by atoms with E-state index in [1.807, 2.05) is 4.90 Å². The van der Waals surface area contributed by atoms with Crippen LogP contribution >= 0.6 is 0 Å². The van der Waals surface area contributed by atoms with Gasteiger partial charge in [0.15, 0.2) is 0 Å². The van der Waals surface area contributed by atoms with Crippen LogP contribution in [0.15, 0.2) is 0 Å². The minimum Gasteiger partial charge on any atom is -0.343 e. The number of hydrogen-bond donors (Lipinski definition) is 1. The van der Waals surface area contributed by atoms with Crippen LogP contribution in [0.5, 0.6) is 0 Å². The molecule has 0 spiro atoms. The lowest BCUT2D eigenvalue weighted by atomic mass is 9.76. The zero-order valence-electron chi connectivity index (χ0n) is 11.0. The van der Waals surface area contributed by atoms with E-state index in [4.69, 9.17) is 0 Å². The Kier molecular flexibility index (Phi) is 3.15. The average Bonchev–Trinajstić information content (AvgIpc) is 2.19. The van der Waals surface area contributed by atoms with Gasteiger partial charge in [-0.2, -0.15) is 0 Å². The zero-order valence-corrected chi connectivity index (χ0v) is 11.0. The summed E-state index contributed by atoms with van der Waals surface area (Å²) in [6.07, 6.45) is 3.95. The van der Waals surface area contributed by atoms with Crippen LogP contribution in [0.2, 0.25) is 0 Å². The number of carbonyl (C=O) groups is 2. The van der Waals surface area contributed by atoms with Crippen molar-refractivity contribution in [3.63, 3.8) is 0 Å². The molecule has 2 rings (SSSR count). The predicted octanol–water partition coefficient (Wildman–Crippen LogP) is 1.30. The number of rotatable bonds is 3. The molecule has 1 atom stereocenters. The minimum absolute atomic E-state index is 0.0108. The fourth-order valence-corrected chi connectivity index (χ4v) is 2.76. The molecule has 96 valence electrons. The van der Waals surface area contributed by atoms with Crippen molar-refractivity contribution in [2.75, 3.05) is 6.54 Å². The second kappa shape index (κ2) is 4.31. The van der Waals surface area contributed by atoms with Gasteiger partial charge in [-0.3, -0.25) is 9.59 Å². The Bertz CT molecular complexity index is 334. The highest BCUT2D eigenvalue weighted by molar-refractivity contribution is 5.95. The third-order valence-electron chi connectivity index (χ3n) is 3.99. The standard InChI is InChI=1S/C13H22N2O2/c1-9(2)7-10-12(17)15(8-11(16)14-10)13(3)5-4-6-13/h9-10H,4-8H2,1-3H3,(H,14,16). The van der Waals surface area contributed by atoms with Gasteiger partial charge in [-0.25, -0.2) is 0 Å². The van der Waals surface area contributed by atoms with E-state index in [2.05, 4.69) is 26.1 Å². The lowest BCUT2D eigenvalue weighted by Gasteiger charge is -2.50. The fraction of sp³-hybridized carbons (Fsp3) is 0.846. The Hall–Kier alpha value is -1.06. The molecule has 0 radical (unpaired) electrons. The van der Waals surface area contributed by atoms with Crippen LogP contribution < -0.4 is 5.32 Å². The minimum atomic E-state index is -0.311. The van der Waals surface area contributed by atoms with E-state index >= 15 is 0 Å². The Morgan fingerprint density at radius 3 is 2.53 bits per heavy atom. The van der Waals surface area contributed by atoms with Crippen LogP contribution in [0.25, 0.3) is 0 Å². The maximum atomic E-state index is 12.4. The first-order valence-corrected chi connectivity index (χ1v) is 6.53. The smallest absolute Gasteiger partial charge is 0.246 e. The molecule has 1 aliphatic heterocycles. The van der Waals surface area contributed by atoms with E-state index in [0.29, 0.717) is 5.92 Å². The van der Waals surface area contributed by atoms with E-state index in [9.17, 15) is 9.59 Å². The Balaban J connectivity index is 2.11. The lowest BCUT2D eigenvalue weighted by molar-refractivity contribution is -0.154. The lowest BCUT2D eigenvalue weighted by Crippen LogP contribution is -2.66. The summed E-state index contributed by atoms with van der Waals surface area (Å²) >= 11 is 0. The molecular weight excluding hydrogens is 216 g/mol. The van der Waals surface area contributed by atoms with Crippen LogP contribution in [-0.4, -0.2) is 34.8 Å². The van der Waals surface area contributed by atoms with Gasteiger partial charge in [0.05, 0.1) is 0 Å². The molecule has 2 fully saturated rings. The van der Waals surface area contributed by atoms with E-state index in [-0.39, 0.29) is 29.9 Å². The number of amides is 2. The van der Waals surface area contributed by atoms with Crippen molar-refractivity contribution in [2.24, 2.45) is 5.92 Å². The Morgan fingerprint density at radius 1 is 1.41 bits per heavy atom. The van der Waals surface area contributed by atoms with Gasteiger partial charge in [0.1, 0.15) is 12.6 Å². The van der Waals surface area contributed by atoms with Gasteiger partial charge >= 0.3 is 0 Å².